The van der Waals surface area contributed by atoms with Gasteiger partial charge in [0.15, 0.2) is 0 Å². The molecule has 74 valence electrons. The van der Waals surface area contributed by atoms with E-state index in [1.807, 2.05) is 0 Å². The van der Waals surface area contributed by atoms with Crippen molar-refractivity contribution in [3.63, 3.8) is 0 Å². The summed E-state index contributed by atoms with van der Waals surface area (Å²) in [7, 11) is 1.12. The van der Waals surface area contributed by atoms with Crippen molar-refractivity contribution in [2.75, 3.05) is 7.11 Å². The van der Waals surface area contributed by atoms with Crippen LogP contribution in [0.25, 0.3) is 0 Å². The highest BCUT2D eigenvalue weighted by molar-refractivity contribution is 5.94. The van der Waals surface area contributed by atoms with Crippen LogP contribution in [0.1, 0.15) is 10.4 Å². The first-order chi connectivity index (χ1) is 6.56. The number of methoxy groups -OCH3 is 1. The molecule has 0 heterocycles. The van der Waals surface area contributed by atoms with Crippen LogP contribution >= 0.6 is 0 Å². The van der Waals surface area contributed by atoms with Gasteiger partial charge in [-0.05, 0) is 12.1 Å². The van der Waals surface area contributed by atoms with Crippen molar-refractivity contribution in [3.05, 3.63) is 33.9 Å². The van der Waals surface area contributed by atoms with E-state index in [0.29, 0.717) is 0 Å². The Balaban J connectivity index is 3.28. The smallest absolute Gasteiger partial charge is 0.344 e. The van der Waals surface area contributed by atoms with Gasteiger partial charge in [-0.3, -0.25) is 10.1 Å². The summed E-state index contributed by atoms with van der Waals surface area (Å²) >= 11 is 0. The van der Waals surface area contributed by atoms with Crippen molar-refractivity contribution < 1.29 is 19.6 Å². The number of nitro groups is 1. The van der Waals surface area contributed by atoms with Gasteiger partial charge in [0.2, 0.25) is 0 Å². The number of nitrogens with zero attached hydrogens (tertiary/aromatic N) is 1. The molecule has 0 fully saturated rings. The number of carbonyl (C=O) groups excluding carboxylic acids is 1. The molecule has 1 aromatic carbocycles. The van der Waals surface area contributed by atoms with E-state index >= 15 is 0 Å². The second kappa shape index (κ2) is 3.73. The minimum absolute atomic E-state index is 0.185. The fourth-order valence-electron chi connectivity index (χ4n) is 0.954. The Morgan fingerprint density at radius 1 is 1.57 bits per heavy atom. The van der Waals surface area contributed by atoms with E-state index < -0.39 is 16.6 Å². The Morgan fingerprint density at radius 3 is 2.71 bits per heavy atom. The van der Waals surface area contributed by atoms with Crippen molar-refractivity contribution in [3.8, 4) is 5.75 Å². The summed E-state index contributed by atoms with van der Waals surface area (Å²) in [6.45, 7) is 0. The fraction of sp³-hybridized carbons (Fsp3) is 0.125. The van der Waals surface area contributed by atoms with Gasteiger partial charge in [-0.25, -0.2) is 4.79 Å². The zero-order chi connectivity index (χ0) is 10.7. The van der Waals surface area contributed by atoms with Gasteiger partial charge in [0.1, 0.15) is 11.3 Å². The summed E-state index contributed by atoms with van der Waals surface area (Å²) < 4.78 is 4.34. The number of phenolic OH excluding ortho intramolecular Hbond substituents is 1. The third-order valence-corrected chi connectivity index (χ3v) is 1.58. The molecule has 0 aliphatic rings. The number of carbonyl (C=O) groups is 1. The summed E-state index contributed by atoms with van der Waals surface area (Å²) in [6.07, 6.45) is 0. The SMILES string of the molecule is COC(=O)c1ccc(O)cc1[N+](=O)[O-]. The molecule has 0 unspecified atom stereocenters. The van der Waals surface area contributed by atoms with Gasteiger partial charge >= 0.3 is 5.97 Å². The number of esters is 1. The van der Waals surface area contributed by atoms with Crippen LogP contribution in [0.3, 0.4) is 0 Å². The average molecular weight is 197 g/mol. The van der Waals surface area contributed by atoms with Gasteiger partial charge in [0.25, 0.3) is 5.69 Å². The first-order valence-electron chi connectivity index (χ1n) is 3.62. The normalized spacial score (nSPS) is 9.50. The number of aromatic hydroxyl groups is 1. The van der Waals surface area contributed by atoms with Crippen LogP contribution < -0.4 is 0 Å². The summed E-state index contributed by atoms with van der Waals surface area (Å²) in [5.74, 6) is -1.08. The lowest BCUT2D eigenvalue weighted by atomic mass is 10.2. The monoisotopic (exact) mass is 197 g/mol. The number of hydrogen-bond donors (Lipinski definition) is 1. The Bertz CT molecular complexity index is 387. The fourth-order valence-corrected chi connectivity index (χ4v) is 0.954. The second-order valence-electron chi connectivity index (χ2n) is 2.45. The minimum atomic E-state index is -0.809. The molecule has 0 bridgehead atoms. The average Bonchev–Trinajstić information content (AvgIpc) is 2.16. The van der Waals surface area contributed by atoms with Crippen LogP contribution in [-0.2, 0) is 4.74 Å². The molecule has 14 heavy (non-hydrogen) atoms. The Labute approximate surface area is 78.9 Å². The number of ether oxygens (including phenoxy) is 1. The van der Waals surface area contributed by atoms with E-state index in [1.54, 1.807) is 0 Å². The molecule has 0 saturated heterocycles. The molecule has 0 spiro atoms. The van der Waals surface area contributed by atoms with Gasteiger partial charge in [0.05, 0.1) is 18.1 Å². The van der Waals surface area contributed by atoms with Crippen molar-refractivity contribution in [2.24, 2.45) is 0 Å². The standard InChI is InChI=1S/C8H7NO5/c1-14-8(11)6-3-2-5(10)4-7(6)9(12)13/h2-4,10H,1H3. The highest BCUT2D eigenvalue weighted by Crippen LogP contribution is 2.24. The highest BCUT2D eigenvalue weighted by Gasteiger charge is 2.20. The molecule has 1 N–H and O–H groups in total. The molecule has 6 heteroatoms. The molecule has 0 radical (unpaired) electrons. The number of phenols is 1. The van der Waals surface area contributed by atoms with E-state index in [-0.39, 0.29) is 11.3 Å². The summed E-state index contributed by atoms with van der Waals surface area (Å²) in [5, 5.41) is 19.5. The molecule has 0 saturated carbocycles. The predicted octanol–water partition coefficient (Wildman–Crippen LogP) is 1.09. The third-order valence-electron chi connectivity index (χ3n) is 1.58. The maximum absolute atomic E-state index is 11.0. The molecule has 0 aromatic heterocycles. The Morgan fingerprint density at radius 2 is 2.21 bits per heavy atom. The van der Waals surface area contributed by atoms with E-state index in [1.165, 1.54) is 6.07 Å². The summed E-state index contributed by atoms with van der Waals surface area (Å²) in [6, 6.07) is 3.21. The van der Waals surface area contributed by atoms with Gasteiger partial charge in [-0.1, -0.05) is 0 Å². The van der Waals surface area contributed by atoms with Gasteiger partial charge in [-0.2, -0.15) is 0 Å². The van der Waals surface area contributed by atoms with E-state index in [2.05, 4.69) is 4.74 Å². The molecule has 0 amide bonds. The van der Waals surface area contributed by atoms with Crippen molar-refractivity contribution in [2.45, 2.75) is 0 Å². The largest absolute Gasteiger partial charge is 0.508 e. The van der Waals surface area contributed by atoms with Crippen molar-refractivity contribution >= 4 is 11.7 Å². The van der Waals surface area contributed by atoms with Crippen LogP contribution in [0.4, 0.5) is 5.69 Å². The number of nitro benzene ring substituents is 1. The maximum Gasteiger partial charge on any atom is 0.344 e. The zero-order valence-corrected chi connectivity index (χ0v) is 7.26. The van der Waals surface area contributed by atoms with Crippen LogP contribution in [0.2, 0.25) is 0 Å². The summed E-state index contributed by atoms with van der Waals surface area (Å²) in [5.41, 5.74) is -0.660. The minimum Gasteiger partial charge on any atom is -0.508 e. The molecule has 0 aliphatic carbocycles. The maximum atomic E-state index is 11.0. The number of benzene rings is 1. The third kappa shape index (κ3) is 1.79. The van der Waals surface area contributed by atoms with Gasteiger partial charge in [0, 0.05) is 0 Å². The quantitative estimate of drug-likeness (QED) is 0.435. The van der Waals surface area contributed by atoms with Crippen LogP contribution in [0.15, 0.2) is 18.2 Å². The molecule has 1 rings (SSSR count). The Hall–Kier alpha value is -2.11. The molecule has 0 atom stereocenters. The lowest BCUT2D eigenvalue weighted by Crippen LogP contribution is -2.05. The van der Waals surface area contributed by atoms with Gasteiger partial charge in [-0.15, -0.1) is 0 Å². The lowest BCUT2D eigenvalue weighted by molar-refractivity contribution is -0.385. The second-order valence-corrected chi connectivity index (χ2v) is 2.45. The van der Waals surface area contributed by atoms with Gasteiger partial charge < -0.3 is 9.84 Å². The Kier molecular flexibility index (Phi) is 2.66. The summed E-state index contributed by atoms with van der Waals surface area (Å²) in [4.78, 5) is 20.8. The topological polar surface area (TPSA) is 89.7 Å². The van der Waals surface area contributed by atoms with Crippen molar-refractivity contribution in [1.29, 1.82) is 0 Å². The predicted molar refractivity (Wildman–Crippen MR) is 46.1 cm³/mol. The highest BCUT2D eigenvalue weighted by atomic mass is 16.6. The number of hydrogen-bond acceptors (Lipinski definition) is 5. The molecule has 0 aliphatic heterocycles. The number of rotatable bonds is 2. The van der Waals surface area contributed by atoms with Crippen LogP contribution in [0, 0.1) is 10.1 Å². The van der Waals surface area contributed by atoms with Crippen LogP contribution in [-0.4, -0.2) is 23.1 Å². The molecular formula is C8H7NO5. The van der Waals surface area contributed by atoms with E-state index in [9.17, 15) is 14.9 Å². The van der Waals surface area contributed by atoms with Crippen molar-refractivity contribution in [1.82, 2.24) is 0 Å². The lowest BCUT2D eigenvalue weighted by Gasteiger charge is -2.00. The zero-order valence-electron chi connectivity index (χ0n) is 7.26. The molecule has 6 nitrogen and oxygen atoms in total. The van der Waals surface area contributed by atoms with Crippen LogP contribution in [0.5, 0.6) is 5.75 Å². The first-order valence-corrected chi connectivity index (χ1v) is 3.62. The molecule has 1 aromatic rings. The van der Waals surface area contributed by atoms with E-state index in [4.69, 9.17) is 5.11 Å². The van der Waals surface area contributed by atoms with E-state index in [0.717, 1.165) is 19.2 Å². The first kappa shape index (κ1) is 9.97. The molecular weight excluding hydrogens is 190 g/mol.